The van der Waals surface area contributed by atoms with Gasteiger partial charge in [0, 0.05) is 33.0 Å². The van der Waals surface area contributed by atoms with Gasteiger partial charge in [-0.3, -0.25) is 0 Å². The van der Waals surface area contributed by atoms with E-state index in [1.54, 1.807) is 0 Å². The molecule has 0 atom stereocenters. The molecule has 0 aliphatic heterocycles. The third kappa shape index (κ3) is 5.03. The Balaban J connectivity index is 1.26. The van der Waals surface area contributed by atoms with Gasteiger partial charge in [-0.1, -0.05) is 170 Å². The first kappa shape index (κ1) is 31.1. The van der Waals surface area contributed by atoms with Gasteiger partial charge in [-0.2, -0.15) is 0 Å². The number of rotatable bonds is 5. The highest BCUT2D eigenvalue weighted by Crippen LogP contribution is 2.43. The molecule has 2 aromatic heterocycles. The van der Waals surface area contributed by atoms with Gasteiger partial charge in [0.25, 0.3) is 0 Å². The van der Waals surface area contributed by atoms with Crippen molar-refractivity contribution in [3.05, 3.63) is 194 Å². The summed E-state index contributed by atoms with van der Waals surface area (Å²) >= 11 is 0. The second-order valence-electron chi connectivity index (χ2n) is 14.0. The van der Waals surface area contributed by atoms with Crippen LogP contribution in [0.15, 0.2) is 194 Å². The summed E-state index contributed by atoms with van der Waals surface area (Å²) in [6.07, 6.45) is 0. The molecule has 0 bridgehead atoms. The SMILES string of the molecule is c1ccc(-c2nc(-c3ccccc3)nc(-c3cccc(-c4ccc5c6ccccc6c6ccccc6c5c4)c3-n3c4ccccc4c4ccccc43)n2)cc1. The first-order chi connectivity index (χ1) is 27.3. The highest BCUT2D eigenvalue weighted by atomic mass is 15.1. The largest absolute Gasteiger partial charge is 0.308 e. The fourth-order valence-electron chi connectivity index (χ4n) is 8.37. The maximum Gasteiger partial charge on any atom is 0.166 e. The number of aromatic nitrogens is 4. The van der Waals surface area contributed by atoms with Crippen LogP contribution in [-0.2, 0) is 0 Å². The highest BCUT2D eigenvalue weighted by Gasteiger charge is 2.23. The number of benzene rings is 9. The molecule has 9 aromatic carbocycles. The smallest absolute Gasteiger partial charge is 0.166 e. The molecular formula is C51H32N4. The van der Waals surface area contributed by atoms with Crippen molar-refractivity contribution in [3.8, 4) is 51.0 Å². The molecule has 4 heteroatoms. The zero-order valence-corrected chi connectivity index (χ0v) is 29.8. The van der Waals surface area contributed by atoms with Crippen molar-refractivity contribution in [2.24, 2.45) is 0 Å². The molecule has 11 aromatic rings. The molecule has 0 N–H and O–H groups in total. The van der Waals surface area contributed by atoms with E-state index < -0.39 is 0 Å². The van der Waals surface area contributed by atoms with E-state index in [0.29, 0.717) is 17.5 Å². The fourth-order valence-corrected chi connectivity index (χ4v) is 8.37. The van der Waals surface area contributed by atoms with Crippen molar-refractivity contribution in [1.82, 2.24) is 19.5 Å². The average molecular weight is 701 g/mol. The van der Waals surface area contributed by atoms with Crippen LogP contribution in [0.25, 0.3) is 105 Å². The van der Waals surface area contributed by atoms with E-state index >= 15 is 0 Å². The summed E-state index contributed by atoms with van der Waals surface area (Å²) in [5, 5.41) is 9.88. The van der Waals surface area contributed by atoms with Gasteiger partial charge in [0.05, 0.1) is 16.7 Å². The monoisotopic (exact) mass is 700 g/mol. The minimum atomic E-state index is 0.614. The minimum absolute atomic E-state index is 0.614. The maximum absolute atomic E-state index is 5.25. The number of para-hydroxylation sites is 3. The predicted molar refractivity (Wildman–Crippen MR) is 228 cm³/mol. The Morgan fingerprint density at radius 1 is 0.273 bits per heavy atom. The molecule has 0 amide bonds. The summed E-state index contributed by atoms with van der Waals surface area (Å²) in [5.41, 5.74) is 8.26. The number of hydrogen-bond acceptors (Lipinski definition) is 3. The van der Waals surface area contributed by atoms with Crippen LogP contribution in [0.2, 0.25) is 0 Å². The minimum Gasteiger partial charge on any atom is -0.308 e. The molecule has 0 aliphatic rings. The lowest BCUT2D eigenvalue weighted by molar-refractivity contribution is 1.06. The van der Waals surface area contributed by atoms with Crippen LogP contribution in [0, 0.1) is 0 Å². The quantitative estimate of drug-likeness (QED) is 0.168. The van der Waals surface area contributed by atoms with Crippen molar-refractivity contribution in [2.45, 2.75) is 0 Å². The normalized spacial score (nSPS) is 11.6. The highest BCUT2D eigenvalue weighted by molar-refractivity contribution is 6.26. The van der Waals surface area contributed by atoms with E-state index in [9.17, 15) is 0 Å². The van der Waals surface area contributed by atoms with Crippen molar-refractivity contribution in [2.75, 3.05) is 0 Å². The van der Waals surface area contributed by atoms with Crippen LogP contribution in [-0.4, -0.2) is 19.5 Å². The van der Waals surface area contributed by atoms with Gasteiger partial charge in [-0.25, -0.2) is 15.0 Å². The van der Waals surface area contributed by atoms with E-state index in [1.165, 1.54) is 43.1 Å². The Kier molecular flexibility index (Phi) is 7.14. The predicted octanol–water partition coefficient (Wildman–Crippen LogP) is 13.1. The Morgan fingerprint density at radius 2 is 0.691 bits per heavy atom. The van der Waals surface area contributed by atoms with Crippen LogP contribution in [0.4, 0.5) is 0 Å². The van der Waals surface area contributed by atoms with Gasteiger partial charge in [0.2, 0.25) is 0 Å². The Morgan fingerprint density at radius 3 is 1.24 bits per heavy atom. The lowest BCUT2D eigenvalue weighted by atomic mass is 9.91. The van der Waals surface area contributed by atoms with Gasteiger partial charge >= 0.3 is 0 Å². The van der Waals surface area contributed by atoms with Gasteiger partial charge in [-0.15, -0.1) is 0 Å². The Bertz CT molecular complexity index is 3110. The molecule has 0 radical (unpaired) electrons. The maximum atomic E-state index is 5.25. The first-order valence-electron chi connectivity index (χ1n) is 18.6. The van der Waals surface area contributed by atoms with E-state index in [4.69, 9.17) is 15.0 Å². The molecule has 2 heterocycles. The van der Waals surface area contributed by atoms with Crippen LogP contribution < -0.4 is 0 Å². The van der Waals surface area contributed by atoms with E-state index in [2.05, 4.69) is 162 Å². The fraction of sp³-hybridized carbons (Fsp3) is 0. The molecule has 55 heavy (non-hydrogen) atoms. The molecule has 11 rings (SSSR count). The molecular weight excluding hydrogens is 669 g/mol. The van der Waals surface area contributed by atoms with Crippen LogP contribution in [0.5, 0.6) is 0 Å². The summed E-state index contributed by atoms with van der Waals surface area (Å²) < 4.78 is 2.41. The molecule has 0 unspecified atom stereocenters. The second kappa shape index (κ2) is 12.6. The standard InChI is InChI=1S/C51H32N4/c1-3-16-33(17-4-1)49-52-50(34-18-5-2-6-19-34)54-51(53-49)44-27-15-26-36(48(44)55-46-28-13-11-24-42(46)43-25-12-14-29-47(43)55)35-30-31-41-39-22-8-7-20-37(39)38-21-9-10-23-40(38)45(41)32-35/h1-32H. The molecule has 0 spiro atoms. The van der Waals surface area contributed by atoms with Gasteiger partial charge < -0.3 is 4.57 Å². The molecule has 4 nitrogen and oxygen atoms in total. The van der Waals surface area contributed by atoms with Crippen molar-refractivity contribution in [3.63, 3.8) is 0 Å². The summed E-state index contributed by atoms with van der Waals surface area (Å²) in [7, 11) is 0. The lowest BCUT2D eigenvalue weighted by Gasteiger charge is -2.19. The summed E-state index contributed by atoms with van der Waals surface area (Å²) in [5.74, 6) is 1.88. The van der Waals surface area contributed by atoms with E-state index in [-0.39, 0.29) is 0 Å². The summed E-state index contributed by atoms with van der Waals surface area (Å²) in [6.45, 7) is 0. The number of nitrogens with zero attached hydrogens (tertiary/aromatic N) is 4. The van der Waals surface area contributed by atoms with Crippen molar-refractivity contribution in [1.29, 1.82) is 0 Å². The molecule has 0 aliphatic carbocycles. The van der Waals surface area contributed by atoms with Crippen molar-refractivity contribution >= 4 is 54.1 Å². The van der Waals surface area contributed by atoms with Crippen LogP contribution >= 0.6 is 0 Å². The van der Waals surface area contributed by atoms with Crippen LogP contribution in [0.1, 0.15) is 0 Å². The second-order valence-corrected chi connectivity index (χ2v) is 14.0. The molecule has 256 valence electrons. The van der Waals surface area contributed by atoms with Crippen LogP contribution in [0.3, 0.4) is 0 Å². The van der Waals surface area contributed by atoms with Gasteiger partial charge in [0.15, 0.2) is 17.5 Å². The van der Waals surface area contributed by atoms with E-state index in [0.717, 1.165) is 44.5 Å². The van der Waals surface area contributed by atoms with Gasteiger partial charge in [0.1, 0.15) is 0 Å². The topological polar surface area (TPSA) is 43.6 Å². The third-order valence-corrected chi connectivity index (χ3v) is 10.8. The number of fused-ring (bicyclic) bond motifs is 9. The summed E-state index contributed by atoms with van der Waals surface area (Å²) in [4.78, 5) is 15.5. The molecule has 0 saturated heterocycles. The summed E-state index contributed by atoms with van der Waals surface area (Å²) in [6, 6.07) is 68.7. The lowest BCUT2D eigenvalue weighted by Crippen LogP contribution is -2.05. The van der Waals surface area contributed by atoms with Crippen molar-refractivity contribution < 1.29 is 0 Å². The Hall–Kier alpha value is -7.43. The molecule has 0 saturated carbocycles. The number of hydrogen-bond donors (Lipinski definition) is 0. The Labute approximate surface area is 317 Å². The first-order valence-corrected chi connectivity index (χ1v) is 18.6. The zero-order chi connectivity index (χ0) is 36.3. The molecule has 0 fully saturated rings. The zero-order valence-electron chi connectivity index (χ0n) is 29.8. The van der Waals surface area contributed by atoms with Gasteiger partial charge in [-0.05, 0) is 62.1 Å². The third-order valence-electron chi connectivity index (χ3n) is 10.8. The van der Waals surface area contributed by atoms with E-state index in [1.807, 2.05) is 36.4 Å². The average Bonchev–Trinajstić information content (AvgIpc) is 3.60.